The number of aromatic amines is 1. The lowest BCUT2D eigenvalue weighted by Gasteiger charge is -2.18. The zero-order valence-electron chi connectivity index (χ0n) is 10.4. The summed E-state index contributed by atoms with van der Waals surface area (Å²) >= 11 is 0. The van der Waals surface area contributed by atoms with E-state index in [1.165, 1.54) is 6.07 Å². The van der Waals surface area contributed by atoms with Crippen molar-refractivity contribution in [3.63, 3.8) is 0 Å². The Labute approximate surface area is 113 Å². The van der Waals surface area contributed by atoms with E-state index in [0.29, 0.717) is 30.4 Å². The molecule has 0 saturated carbocycles. The number of hydrogen-bond donors (Lipinski definition) is 2. The zero-order chi connectivity index (χ0) is 14.1. The third-order valence-electron chi connectivity index (χ3n) is 2.99. The van der Waals surface area contributed by atoms with Gasteiger partial charge in [-0.3, -0.25) is 4.79 Å². The van der Waals surface area contributed by atoms with Crippen molar-refractivity contribution >= 4 is 5.97 Å². The summed E-state index contributed by atoms with van der Waals surface area (Å²) in [5.41, 5.74) is 0.330. The minimum Gasteiger partial charge on any atom is -0.486 e. The molecule has 2 aromatic rings. The standard InChI is InChI=1S/C14H11NO5/c16-13-9(14(17)18)2-3-10(15-13)8-1-4-11-12(7-8)20-6-5-19-11/h1-4,7H,5-6H2,(H,15,16)(H,17,18). The Morgan fingerprint density at radius 3 is 2.55 bits per heavy atom. The number of fused-ring (bicyclic) bond motifs is 1. The van der Waals surface area contributed by atoms with Gasteiger partial charge in [-0.1, -0.05) is 0 Å². The van der Waals surface area contributed by atoms with Crippen LogP contribution in [0.4, 0.5) is 0 Å². The number of carboxylic acid groups (broad SMARTS) is 1. The number of aromatic nitrogens is 1. The van der Waals surface area contributed by atoms with Crippen LogP contribution in [0.2, 0.25) is 0 Å². The van der Waals surface area contributed by atoms with Crippen molar-refractivity contribution in [2.45, 2.75) is 0 Å². The summed E-state index contributed by atoms with van der Waals surface area (Å²) in [6, 6.07) is 8.12. The highest BCUT2D eigenvalue weighted by molar-refractivity contribution is 5.87. The first-order valence-electron chi connectivity index (χ1n) is 6.02. The van der Waals surface area contributed by atoms with E-state index in [0.717, 1.165) is 5.56 Å². The van der Waals surface area contributed by atoms with Gasteiger partial charge in [0.2, 0.25) is 0 Å². The number of hydrogen-bond acceptors (Lipinski definition) is 4. The van der Waals surface area contributed by atoms with Crippen LogP contribution < -0.4 is 15.0 Å². The van der Waals surface area contributed by atoms with Gasteiger partial charge in [0.1, 0.15) is 18.8 Å². The van der Waals surface area contributed by atoms with Crippen LogP contribution in [-0.2, 0) is 0 Å². The summed E-state index contributed by atoms with van der Waals surface area (Å²) < 4.78 is 10.9. The Bertz CT molecular complexity index is 735. The molecule has 3 rings (SSSR count). The summed E-state index contributed by atoms with van der Waals surface area (Å²) in [4.78, 5) is 25.0. The molecule has 0 saturated heterocycles. The molecule has 6 nitrogen and oxygen atoms in total. The number of rotatable bonds is 2. The van der Waals surface area contributed by atoms with Crippen LogP contribution in [0.25, 0.3) is 11.3 Å². The van der Waals surface area contributed by atoms with Gasteiger partial charge in [0.25, 0.3) is 5.56 Å². The second kappa shape index (κ2) is 4.73. The first kappa shape index (κ1) is 12.3. The van der Waals surface area contributed by atoms with Crippen molar-refractivity contribution in [2.75, 3.05) is 13.2 Å². The lowest BCUT2D eigenvalue weighted by Crippen LogP contribution is -2.17. The van der Waals surface area contributed by atoms with Crippen molar-refractivity contribution < 1.29 is 19.4 Å². The van der Waals surface area contributed by atoms with E-state index in [-0.39, 0.29) is 5.56 Å². The molecular formula is C14H11NO5. The number of aromatic carboxylic acids is 1. The van der Waals surface area contributed by atoms with Crippen LogP contribution in [0.3, 0.4) is 0 Å². The van der Waals surface area contributed by atoms with Crippen LogP contribution in [-0.4, -0.2) is 29.3 Å². The largest absolute Gasteiger partial charge is 0.486 e. The fourth-order valence-electron chi connectivity index (χ4n) is 2.02. The molecule has 2 heterocycles. The lowest BCUT2D eigenvalue weighted by molar-refractivity contribution is 0.0695. The Morgan fingerprint density at radius 1 is 1.10 bits per heavy atom. The summed E-state index contributed by atoms with van der Waals surface area (Å²) in [5, 5.41) is 8.83. The third-order valence-corrected chi connectivity index (χ3v) is 2.99. The second-order valence-electron chi connectivity index (χ2n) is 4.28. The van der Waals surface area contributed by atoms with Gasteiger partial charge in [-0.15, -0.1) is 0 Å². The van der Waals surface area contributed by atoms with Crippen molar-refractivity contribution in [2.24, 2.45) is 0 Å². The number of H-pyrrole nitrogens is 1. The molecule has 0 amide bonds. The highest BCUT2D eigenvalue weighted by Crippen LogP contribution is 2.33. The summed E-state index contributed by atoms with van der Waals surface area (Å²) in [5.74, 6) is 0.0152. The van der Waals surface area contributed by atoms with E-state index < -0.39 is 11.5 Å². The molecule has 2 N–H and O–H groups in total. The minimum absolute atomic E-state index is 0.286. The van der Waals surface area contributed by atoms with E-state index in [4.69, 9.17) is 14.6 Å². The molecular weight excluding hydrogens is 262 g/mol. The molecule has 0 aliphatic carbocycles. The Kier molecular flexibility index (Phi) is 2.90. The maximum absolute atomic E-state index is 11.7. The number of benzene rings is 1. The molecule has 0 spiro atoms. The first-order chi connectivity index (χ1) is 9.65. The van der Waals surface area contributed by atoms with Crippen molar-refractivity contribution in [3.8, 4) is 22.8 Å². The van der Waals surface area contributed by atoms with Crippen molar-refractivity contribution in [1.82, 2.24) is 4.98 Å². The van der Waals surface area contributed by atoms with Gasteiger partial charge in [0, 0.05) is 11.3 Å². The maximum atomic E-state index is 11.7. The number of ether oxygens (including phenoxy) is 2. The highest BCUT2D eigenvalue weighted by Gasteiger charge is 2.14. The molecule has 1 aromatic heterocycles. The predicted molar refractivity (Wildman–Crippen MR) is 70.4 cm³/mol. The van der Waals surface area contributed by atoms with Gasteiger partial charge in [-0.25, -0.2) is 4.79 Å². The van der Waals surface area contributed by atoms with Crippen LogP contribution in [0.1, 0.15) is 10.4 Å². The van der Waals surface area contributed by atoms with Gasteiger partial charge in [0.15, 0.2) is 11.5 Å². The van der Waals surface area contributed by atoms with Gasteiger partial charge in [0.05, 0.1) is 0 Å². The smallest absolute Gasteiger partial charge is 0.341 e. The average Bonchev–Trinajstić information content (AvgIpc) is 2.46. The van der Waals surface area contributed by atoms with Crippen LogP contribution in [0, 0.1) is 0 Å². The van der Waals surface area contributed by atoms with Gasteiger partial charge in [-0.05, 0) is 30.3 Å². The molecule has 1 aliphatic heterocycles. The summed E-state index contributed by atoms with van der Waals surface area (Å²) in [6.45, 7) is 0.988. The van der Waals surface area contributed by atoms with Gasteiger partial charge >= 0.3 is 5.97 Å². The minimum atomic E-state index is -1.25. The average molecular weight is 273 g/mol. The molecule has 20 heavy (non-hydrogen) atoms. The maximum Gasteiger partial charge on any atom is 0.341 e. The molecule has 1 aliphatic rings. The molecule has 0 fully saturated rings. The molecule has 6 heteroatoms. The topological polar surface area (TPSA) is 88.6 Å². The summed E-state index contributed by atoms with van der Waals surface area (Å²) in [6.07, 6.45) is 0. The van der Waals surface area contributed by atoms with Crippen molar-refractivity contribution in [3.05, 3.63) is 46.2 Å². The Morgan fingerprint density at radius 2 is 1.85 bits per heavy atom. The summed E-state index contributed by atoms with van der Waals surface area (Å²) in [7, 11) is 0. The zero-order valence-corrected chi connectivity index (χ0v) is 10.4. The predicted octanol–water partition coefficient (Wildman–Crippen LogP) is 1.51. The lowest BCUT2D eigenvalue weighted by atomic mass is 10.1. The van der Waals surface area contributed by atoms with E-state index in [2.05, 4.69) is 4.98 Å². The van der Waals surface area contributed by atoms with Crippen LogP contribution >= 0.6 is 0 Å². The van der Waals surface area contributed by atoms with Crippen molar-refractivity contribution in [1.29, 1.82) is 0 Å². The van der Waals surface area contributed by atoms with E-state index >= 15 is 0 Å². The number of pyridine rings is 1. The first-order valence-corrected chi connectivity index (χ1v) is 6.02. The SMILES string of the molecule is O=C(O)c1ccc(-c2ccc3c(c2)OCCO3)[nH]c1=O. The Balaban J connectivity index is 2.03. The molecule has 0 radical (unpaired) electrons. The monoisotopic (exact) mass is 273 g/mol. The van der Waals surface area contributed by atoms with Gasteiger partial charge < -0.3 is 19.6 Å². The quantitative estimate of drug-likeness (QED) is 0.865. The van der Waals surface area contributed by atoms with E-state index in [1.807, 2.05) is 0 Å². The van der Waals surface area contributed by atoms with Crippen LogP contribution in [0.5, 0.6) is 11.5 Å². The number of carbonyl (C=O) groups is 1. The van der Waals surface area contributed by atoms with E-state index in [1.54, 1.807) is 24.3 Å². The third kappa shape index (κ3) is 2.11. The second-order valence-corrected chi connectivity index (χ2v) is 4.28. The molecule has 102 valence electrons. The fraction of sp³-hybridized carbons (Fsp3) is 0.143. The van der Waals surface area contributed by atoms with Gasteiger partial charge in [-0.2, -0.15) is 0 Å². The number of carboxylic acids is 1. The molecule has 0 atom stereocenters. The molecule has 1 aromatic carbocycles. The van der Waals surface area contributed by atoms with Crippen LogP contribution in [0.15, 0.2) is 35.1 Å². The molecule has 0 unspecified atom stereocenters. The highest BCUT2D eigenvalue weighted by atomic mass is 16.6. The molecule has 0 bridgehead atoms. The fourth-order valence-corrected chi connectivity index (χ4v) is 2.02. The van der Waals surface area contributed by atoms with E-state index in [9.17, 15) is 9.59 Å². The normalized spacial score (nSPS) is 13.0. The number of nitrogens with one attached hydrogen (secondary N) is 1. The Hall–Kier alpha value is -2.76.